The summed E-state index contributed by atoms with van der Waals surface area (Å²) in [6.07, 6.45) is -7.96. The third-order valence-electron chi connectivity index (χ3n) is 1.87. The highest BCUT2D eigenvalue weighted by Gasteiger charge is 2.77. The number of hydrogen-bond donors (Lipinski definition) is 0. The lowest BCUT2D eigenvalue weighted by atomic mass is 10.1. The van der Waals surface area contributed by atoms with Crippen molar-refractivity contribution in [2.75, 3.05) is 13.2 Å². The first kappa shape index (κ1) is 17.9. The van der Waals surface area contributed by atoms with Crippen molar-refractivity contribution in [3.05, 3.63) is 0 Å². The van der Waals surface area contributed by atoms with Crippen molar-refractivity contribution in [1.82, 2.24) is 0 Å². The molecule has 0 radical (unpaired) electrons. The van der Waals surface area contributed by atoms with Gasteiger partial charge in [0.05, 0.1) is 6.61 Å². The fourth-order valence-corrected chi connectivity index (χ4v) is 0.881. The van der Waals surface area contributed by atoms with Crippen LogP contribution in [0.25, 0.3) is 0 Å². The van der Waals surface area contributed by atoms with E-state index in [2.05, 4.69) is 9.47 Å². The second-order valence-corrected chi connectivity index (χ2v) is 3.52. The highest BCUT2D eigenvalue weighted by Crippen LogP contribution is 2.47. The Morgan fingerprint density at radius 3 is 1.95 bits per heavy atom. The average molecular weight is 300 g/mol. The van der Waals surface area contributed by atoms with E-state index >= 15 is 0 Å². The van der Waals surface area contributed by atoms with Gasteiger partial charge in [0.1, 0.15) is 6.10 Å². The van der Waals surface area contributed by atoms with E-state index in [0.717, 1.165) is 6.92 Å². The van der Waals surface area contributed by atoms with Crippen LogP contribution in [-0.4, -0.2) is 43.3 Å². The van der Waals surface area contributed by atoms with Gasteiger partial charge in [-0.1, -0.05) is 0 Å². The van der Waals surface area contributed by atoms with Crippen LogP contribution in [0.15, 0.2) is 0 Å². The van der Waals surface area contributed by atoms with Gasteiger partial charge in [0.15, 0.2) is 0 Å². The topological polar surface area (TPSA) is 35.5 Å². The molecular formula is C9H11F7O3. The summed E-state index contributed by atoms with van der Waals surface area (Å²) in [4.78, 5) is 10.7. The van der Waals surface area contributed by atoms with Crippen LogP contribution in [0.3, 0.4) is 0 Å². The largest absolute Gasteiger partial charge is 0.460 e. The van der Waals surface area contributed by atoms with Crippen molar-refractivity contribution in [2.24, 2.45) is 0 Å². The zero-order valence-electron chi connectivity index (χ0n) is 9.86. The molecule has 0 fully saturated rings. The Balaban J connectivity index is 4.87. The van der Waals surface area contributed by atoms with Gasteiger partial charge in [-0.15, -0.1) is 0 Å². The second-order valence-electron chi connectivity index (χ2n) is 3.52. The first-order chi connectivity index (χ1) is 8.38. The van der Waals surface area contributed by atoms with Crippen LogP contribution in [0, 0.1) is 0 Å². The SMILES string of the molecule is CCOCC(C)OC(=O)C(F)(F)C(F)(F)C(F)(F)F. The summed E-state index contributed by atoms with van der Waals surface area (Å²) in [5, 5.41) is 0. The van der Waals surface area contributed by atoms with Gasteiger partial charge in [-0.2, -0.15) is 30.7 Å². The Kier molecular flexibility index (Phi) is 5.60. The molecular weight excluding hydrogens is 289 g/mol. The van der Waals surface area contributed by atoms with Crippen LogP contribution in [0.2, 0.25) is 0 Å². The van der Waals surface area contributed by atoms with Crippen LogP contribution in [-0.2, 0) is 14.3 Å². The third-order valence-corrected chi connectivity index (χ3v) is 1.87. The molecule has 1 unspecified atom stereocenters. The van der Waals surface area contributed by atoms with E-state index < -0.39 is 36.7 Å². The summed E-state index contributed by atoms with van der Waals surface area (Å²) in [5.74, 6) is -15.5. The molecule has 0 saturated heterocycles. The van der Waals surface area contributed by atoms with Crippen molar-refractivity contribution in [2.45, 2.75) is 38.0 Å². The number of halogens is 7. The monoisotopic (exact) mass is 300 g/mol. The average Bonchev–Trinajstić information content (AvgIpc) is 2.24. The predicted molar refractivity (Wildman–Crippen MR) is 48.0 cm³/mol. The molecule has 114 valence electrons. The maximum absolute atomic E-state index is 12.8. The fourth-order valence-electron chi connectivity index (χ4n) is 0.881. The van der Waals surface area contributed by atoms with E-state index in [4.69, 9.17) is 0 Å². The van der Waals surface area contributed by atoms with Crippen LogP contribution in [0.1, 0.15) is 13.8 Å². The summed E-state index contributed by atoms with van der Waals surface area (Å²) in [7, 11) is 0. The zero-order chi connectivity index (χ0) is 15.5. The van der Waals surface area contributed by atoms with E-state index in [1.807, 2.05) is 0 Å². The highest BCUT2D eigenvalue weighted by atomic mass is 19.4. The van der Waals surface area contributed by atoms with Crippen molar-refractivity contribution in [1.29, 1.82) is 0 Å². The molecule has 10 heteroatoms. The van der Waals surface area contributed by atoms with Crippen molar-refractivity contribution in [3.8, 4) is 0 Å². The summed E-state index contributed by atoms with van der Waals surface area (Å²) < 4.78 is 94.2. The molecule has 0 aromatic heterocycles. The number of rotatable bonds is 6. The van der Waals surface area contributed by atoms with Gasteiger partial charge in [0.2, 0.25) is 0 Å². The Labute approximate surface area is 103 Å². The lowest BCUT2D eigenvalue weighted by Gasteiger charge is -2.27. The molecule has 0 aromatic rings. The molecule has 0 bridgehead atoms. The Morgan fingerprint density at radius 1 is 1.11 bits per heavy atom. The zero-order valence-corrected chi connectivity index (χ0v) is 9.86. The lowest BCUT2D eigenvalue weighted by Crippen LogP contribution is -2.57. The molecule has 0 spiro atoms. The first-order valence-electron chi connectivity index (χ1n) is 4.99. The van der Waals surface area contributed by atoms with Gasteiger partial charge in [-0.05, 0) is 13.8 Å². The number of carbonyl (C=O) groups is 1. The summed E-state index contributed by atoms with van der Waals surface area (Å²) in [6.45, 7) is 2.24. The number of hydrogen-bond acceptors (Lipinski definition) is 3. The first-order valence-corrected chi connectivity index (χ1v) is 4.99. The van der Waals surface area contributed by atoms with Crippen LogP contribution in [0.4, 0.5) is 30.7 Å². The Morgan fingerprint density at radius 2 is 1.58 bits per heavy atom. The van der Waals surface area contributed by atoms with Crippen LogP contribution in [0.5, 0.6) is 0 Å². The Bertz CT molecular complexity index is 313. The number of ether oxygens (including phenoxy) is 2. The molecule has 0 aromatic carbocycles. The molecule has 0 aliphatic heterocycles. The normalized spacial score (nSPS) is 15.2. The molecule has 19 heavy (non-hydrogen) atoms. The highest BCUT2D eigenvalue weighted by molar-refractivity contribution is 5.79. The van der Waals surface area contributed by atoms with Gasteiger partial charge < -0.3 is 9.47 Å². The lowest BCUT2D eigenvalue weighted by molar-refractivity contribution is -0.349. The molecule has 0 N–H and O–H groups in total. The standard InChI is InChI=1S/C9H11F7O3/c1-3-18-4-5(2)19-6(17)7(10,11)8(12,13)9(14,15)16/h5H,3-4H2,1-2H3. The molecule has 1 atom stereocenters. The maximum atomic E-state index is 12.8. The van der Waals surface area contributed by atoms with E-state index in [1.165, 1.54) is 6.92 Å². The Hall–Kier alpha value is -1.06. The molecule has 0 aliphatic rings. The second kappa shape index (κ2) is 5.93. The van der Waals surface area contributed by atoms with Crippen molar-refractivity contribution < 1.29 is 45.0 Å². The van der Waals surface area contributed by atoms with Gasteiger partial charge in [-0.3, -0.25) is 0 Å². The van der Waals surface area contributed by atoms with Crippen LogP contribution >= 0.6 is 0 Å². The fraction of sp³-hybridized carbons (Fsp3) is 0.889. The predicted octanol–water partition coefficient (Wildman–Crippen LogP) is 2.79. The minimum absolute atomic E-state index is 0.122. The summed E-state index contributed by atoms with van der Waals surface area (Å²) >= 11 is 0. The minimum atomic E-state index is -6.57. The number of esters is 1. The maximum Gasteiger partial charge on any atom is 0.460 e. The van der Waals surface area contributed by atoms with E-state index in [-0.39, 0.29) is 6.61 Å². The quantitative estimate of drug-likeness (QED) is 0.559. The van der Waals surface area contributed by atoms with E-state index in [9.17, 15) is 35.5 Å². The molecule has 0 aliphatic carbocycles. The third kappa shape index (κ3) is 3.95. The van der Waals surface area contributed by atoms with Gasteiger partial charge >= 0.3 is 24.0 Å². The number of alkyl halides is 7. The minimum Gasteiger partial charge on any atom is -0.456 e. The molecule has 0 rings (SSSR count). The molecule has 0 heterocycles. The molecule has 0 amide bonds. The van der Waals surface area contributed by atoms with Gasteiger partial charge in [0, 0.05) is 6.61 Å². The van der Waals surface area contributed by atoms with Gasteiger partial charge in [0.25, 0.3) is 0 Å². The summed E-state index contributed by atoms with van der Waals surface area (Å²) in [5.41, 5.74) is 0. The van der Waals surface area contributed by atoms with Crippen LogP contribution < -0.4 is 0 Å². The molecule has 0 saturated carbocycles. The van der Waals surface area contributed by atoms with Gasteiger partial charge in [-0.25, -0.2) is 4.79 Å². The summed E-state index contributed by atoms with van der Waals surface area (Å²) in [6, 6.07) is 0. The van der Waals surface area contributed by atoms with E-state index in [1.54, 1.807) is 0 Å². The van der Waals surface area contributed by atoms with E-state index in [0.29, 0.717) is 0 Å². The smallest absolute Gasteiger partial charge is 0.456 e. The number of carbonyl (C=O) groups excluding carboxylic acids is 1. The van der Waals surface area contributed by atoms with Crippen molar-refractivity contribution >= 4 is 5.97 Å². The van der Waals surface area contributed by atoms with Crippen molar-refractivity contribution in [3.63, 3.8) is 0 Å². The molecule has 3 nitrogen and oxygen atoms in total.